The first-order valence-corrected chi connectivity index (χ1v) is 7.91. The van der Waals surface area contributed by atoms with Gasteiger partial charge in [-0.3, -0.25) is 19.3 Å². The number of benzene rings is 1. The van der Waals surface area contributed by atoms with Crippen LogP contribution in [0.25, 0.3) is 0 Å². The molecule has 2 unspecified atom stereocenters. The van der Waals surface area contributed by atoms with Crippen molar-refractivity contribution in [1.29, 1.82) is 0 Å². The van der Waals surface area contributed by atoms with Gasteiger partial charge in [0.2, 0.25) is 11.8 Å². The lowest BCUT2D eigenvalue weighted by molar-refractivity contribution is -0.139. The highest BCUT2D eigenvalue weighted by molar-refractivity contribution is 9.10. The van der Waals surface area contributed by atoms with E-state index in [1.54, 1.807) is 18.2 Å². The van der Waals surface area contributed by atoms with Gasteiger partial charge < -0.3 is 0 Å². The molecule has 21 heavy (non-hydrogen) atoms. The van der Waals surface area contributed by atoms with Gasteiger partial charge >= 0.3 is 0 Å². The smallest absolute Gasteiger partial charge is 0.233 e. The Hall–Kier alpha value is -1.49. The number of Topliss-reactive ketones (excluding diaryl/α,β-unsaturated/α-hetero) is 1. The molecule has 1 aromatic carbocycles. The number of ketones is 1. The number of hydrogen-bond acceptors (Lipinski definition) is 3. The Labute approximate surface area is 131 Å². The Morgan fingerprint density at radius 3 is 2.33 bits per heavy atom. The summed E-state index contributed by atoms with van der Waals surface area (Å²) in [6.07, 6.45) is 1.52. The van der Waals surface area contributed by atoms with Crippen LogP contribution in [0.1, 0.15) is 30.1 Å². The van der Waals surface area contributed by atoms with E-state index >= 15 is 0 Å². The van der Waals surface area contributed by atoms with Gasteiger partial charge in [0, 0.05) is 10.0 Å². The van der Waals surface area contributed by atoms with E-state index in [0.717, 1.165) is 17.7 Å². The average molecular weight is 350 g/mol. The predicted molar refractivity (Wildman–Crippen MR) is 80.6 cm³/mol. The van der Waals surface area contributed by atoms with E-state index in [1.165, 1.54) is 0 Å². The molecule has 1 aliphatic heterocycles. The summed E-state index contributed by atoms with van der Waals surface area (Å²) in [7, 11) is 0. The first kappa shape index (κ1) is 14.4. The maximum absolute atomic E-state index is 12.3. The Morgan fingerprint density at radius 1 is 1.19 bits per heavy atom. The van der Waals surface area contributed by atoms with Crippen molar-refractivity contribution in [1.82, 2.24) is 4.90 Å². The Bertz CT molecular complexity index is 604. The number of amides is 2. The Kier molecular flexibility index (Phi) is 3.69. The molecule has 0 spiro atoms. The predicted octanol–water partition coefficient (Wildman–Crippen LogP) is 2.66. The van der Waals surface area contributed by atoms with E-state index < -0.39 is 0 Å². The second-order valence-corrected chi connectivity index (χ2v) is 6.81. The zero-order valence-corrected chi connectivity index (χ0v) is 13.3. The van der Waals surface area contributed by atoms with Crippen LogP contribution in [0, 0.1) is 17.8 Å². The van der Waals surface area contributed by atoms with E-state index in [0.29, 0.717) is 16.0 Å². The van der Waals surface area contributed by atoms with Gasteiger partial charge in [-0.25, -0.2) is 0 Å². The van der Waals surface area contributed by atoms with Crippen LogP contribution in [0.2, 0.25) is 0 Å². The van der Waals surface area contributed by atoms with Crippen molar-refractivity contribution in [2.24, 2.45) is 17.8 Å². The van der Waals surface area contributed by atoms with Crippen LogP contribution >= 0.6 is 15.9 Å². The molecule has 2 fully saturated rings. The van der Waals surface area contributed by atoms with Crippen LogP contribution < -0.4 is 0 Å². The van der Waals surface area contributed by atoms with Gasteiger partial charge in [0.05, 0.1) is 18.4 Å². The largest absolute Gasteiger partial charge is 0.292 e. The third-order valence-corrected chi connectivity index (χ3v) is 5.13. The molecule has 2 aliphatic rings. The summed E-state index contributed by atoms with van der Waals surface area (Å²) in [5.41, 5.74) is 0.503. The molecular weight excluding hydrogens is 334 g/mol. The van der Waals surface area contributed by atoms with Gasteiger partial charge in [-0.2, -0.15) is 0 Å². The molecule has 1 heterocycles. The van der Waals surface area contributed by atoms with Crippen LogP contribution in [-0.2, 0) is 9.59 Å². The van der Waals surface area contributed by atoms with Crippen molar-refractivity contribution in [2.45, 2.75) is 19.8 Å². The topological polar surface area (TPSA) is 54.5 Å². The SMILES string of the molecule is CC1CC2C(=O)N(CC(=O)c3ccccc3Br)C(=O)C2C1. The molecule has 2 amide bonds. The lowest BCUT2D eigenvalue weighted by Crippen LogP contribution is -2.36. The molecular formula is C16H16BrNO3. The Morgan fingerprint density at radius 2 is 1.76 bits per heavy atom. The fourth-order valence-corrected chi connectivity index (χ4v) is 3.92. The highest BCUT2D eigenvalue weighted by Gasteiger charge is 2.51. The van der Waals surface area contributed by atoms with Crippen molar-refractivity contribution in [3.63, 3.8) is 0 Å². The van der Waals surface area contributed by atoms with Crippen LogP contribution in [0.5, 0.6) is 0 Å². The molecule has 4 nitrogen and oxygen atoms in total. The summed E-state index contributed by atoms with van der Waals surface area (Å²) in [6.45, 7) is 1.91. The van der Waals surface area contributed by atoms with Crippen molar-refractivity contribution < 1.29 is 14.4 Å². The molecule has 0 bridgehead atoms. The Balaban J connectivity index is 1.77. The number of hydrogen-bond donors (Lipinski definition) is 0. The molecule has 1 saturated heterocycles. The highest BCUT2D eigenvalue weighted by Crippen LogP contribution is 2.42. The quantitative estimate of drug-likeness (QED) is 0.622. The van der Waals surface area contributed by atoms with Crippen molar-refractivity contribution in [3.8, 4) is 0 Å². The first-order chi connectivity index (χ1) is 9.99. The monoisotopic (exact) mass is 349 g/mol. The lowest BCUT2D eigenvalue weighted by Gasteiger charge is -2.16. The van der Waals surface area contributed by atoms with Gasteiger partial charge in [-0.05, 0) is 24.8 Å². The zero-order valence-electron chi connectivity index (χ0n) is 11.7. The number of fused-ring (bicyclic) bond motifs is 1. The molecule has 1 aromatic rings. The average Bonchev–Trinajstić information content (AvgIpc) is 2.93. The van der Waals surface area contributed by atoms with Crippen molar-refractivity contribution >= 4 is 33.5 Å². The summed E-state index contributed by atoms with van der Waals surface area (Å²) >= 11 is 3.32. The maximum atomic E-state index is 12.3. The molecule has 1 aliphatic carbocycles. The minimum absolute atomic E-state index is 0.151. The fourth-order valence-electron chi connectivity index (χ4n) is 3.42. The van der Waals surface area contributed by atoms with E-state index in [4.69, 9.17) is 0 Å². The second kappa shape index (κ2) is 5.37. The summed E-state index contributed by atoms with van der Waals surface area (Å²) < 4.78 is 0.683. The van der Waals surface area contributed by atoms with Gasteiger partial charge in [-0.15, -0.1) is 0 Å². The number of nitrogens with zero attached hydrogens (tertiary/aromatic N) is 1. The summed E-state index contributed by atoms with van der Waals surface area (Å²) in [5, 5.41) is 0. The zero-order chi connectivity index (χ0) is 15.1. The standard InChI is InChI=1S/C16H16BrNO3/c1-9-6-11-12(7-9)16(21)18(15(11)20)8-14(19)10-4-2-3-5-13(10)17/h2-5,9,11-12H,6-8H2,1H3. The molecule has 0 aromatic heterocycles. The summed E-state index contributed by atoms with van der Waals surface area (Å²) in [6, 6.07) is 7.05. The fraction of sp³-hybridized carbons (Fsp3) is 0.438. The van der Waals surface area contributed by atoms with Crippen LogP contribution in [0.15, 0.2) is 28.7 Å². The third kappa shape index (κ3) is 2.44. The van der Waals surface area contributed by atoms with E-state index in [1.807, 2.05) is 6.07 Å². The van der Waals surface area contributed by atoms with E-state index in [2.05, 4.69) is 22.9 Å². The van der Waals surface area contributed by atoms with Crippen molar-refractivity contribution in [2.75, 3.05) is 6.54 Å². The van der Waals surface area contributed by atoms with Gasteiger partial charge in [-0.1, -0.05) is 41.1 Å². The number of imide groups is 1. The number of carbonyl (C=O) groups is 3. The van der Waals surface area contributed by atoms with Crippen molar-refractivity contribution in [3.05, 3.63) is 34.3 Å². The summed E-state index contributed by atoms with van der Waals surface area (Å²) in [4.78, 5) is 38.1. The minimum atomic E-state index is -0.211. The number of rotatable bonds is 3. The number of likely N-dealkylation sites (tertiary alicyclic amines) is 1. The number of halogens is 1. The molecule has 3 rings (SSSR count). The molecule has 5 heteroatoms. The highest BCUT2D eigenvalue weighted by atomic mass is 79.9. The normalized spacial score (nSPS) is 28.1. The molecule has 2 atom stereocenters. The lowest BCUT2D eigenvalue weighted by atomic mass is 10.00. The molecule has 110 valence electrons. The third-order valence-electron chi connectivity index (χ3n) is 4.44. The van der Waals surface area contributed by atoms with Gasteiger partial charge in [0.25, 0.3) is 0 Å². The first-order valence-electron chi connectivity index (χ1n) is 7.12. The van der Waals surface area contributed by atoms with E-state index in [-0.39, 0.29) is 36.0 Å². The van der Waals surface area contributed by atoms with Gasteiger partial charge in [0.1, 0.15) is 0 Å². The second-order valence-electron chi connectivity index (χ2n) is 5.96. The molecule has 0 radical (unpaired) electrons. The van der Waals surface area contributed by atoms with Gasteiger partial charge in [0.15, 0.2) is 5.78 Å². The maximum Gasteiger partial charge on any atom is 0.233 e. The van der Waals surface area contributed by atoms with Crippen LogP contribution in [0.3, 0.4) is 0 Å². The number of carbonyl (C=O) groups excluding carboxylic acids is 3. The minimum Gasteiger partial charge on any atom is -0.292 e. The summed E-state index contributed by atoms with van der Waals surface area (Å²) in [5.74, 6) is -0.560. The van der Waals surface area contributed by atoms with E-state index in [9.17, 15) is 14.4 Å². The molecule has 0 N–H and O–H groups in total. The molecule has 1 saturated carbocycles. The van der Waals surface area contributed by atoms with Crippen LogP contribution in [0.4, 0.5) is 0 Å². The van der Waals surface area contributed by atoms with Crippen LogP contribution in [-0.4, -0.2) is 29.0 Å².